The van der Waals surface area contributed by atoms with E-state index in [-0.39, 0.29) is 69.0 Å². The highest BCUT2D eigenvalue weighted by Crippen LogP contribution is 2.23. The first-order valence-corrected chi connectivity index (χ1v) is 37.8. The fraction of sp³-hybridized carbons (Fsp3) is 0.539. The maximum Gasteiger partial charge on any atom is 0.305 e. The van der Waals surface area contributed by atoms with E-state index < -0.39 is 217 Å². The lowest BCUT2D eigenvalue weighted by molar-refractivity contribution is -0.141. The number of amides is 14. The molecule has 0 saturated carbocycles. The number of aromatic nitrogens is 4. The van der Waals surface area contributed by atoms with Crippen LogP contribution in [0.5, 0.6) is 0 Å². The number of hydrogen-bond donors (Lipinski definition) is 21. The van der Waals surface area contributed by atoms with Gasteiger partial charge in [-0.15, -0.1) is 0 Å². The number of carboxylic acid groups (broad SMARTS) is 2. The number of fused-ring (bicyclic) bond motifs is 2. The highest BCUT2D eigenvalue weighted by atomic mass is 16.4. The van der Waals surface area contributed by atoms with E-state index in [0.29, 0.717) is 32.9 Å². The summed E-state index contributed by atoms with van der Waals surface area (Å²) in [6.07, 6.45) is -0.215. The zero-order valence-electron chi connectivity index (χ0n) is 65.8. The number of carboxylic acids is 2. The lowest BCUT2D eigenvalue weighted by Crippen LogP contribution is -2.61. The molecule has 4 heterocycles. The molecule has 3 aromatic heterocycles. The average Bonchev–Trinajstić information content (AvgIpc) is 1.61. The van der Waals surface area contributed by atoms with Crippen molar-refractivity contribution in [3.8, 4) is 0 Å². The number of hydrogen-bond acceptors (Lipinski definition) is 19. The minimum Gasteiger partial charge on any atom is -0.481 e. The van der Waals surface area contributed by atoms with Gasteiger partial charge in [-0.3, -0.25) is 76.7 Å². The minimum atomic E-state index is -1.89. The SMILES string of the molecule is CC(C)C[C@@H]1NC(=O)[C@H](Cc2c[nH]cn2)NC(=O)[C@H](Cc2c[nH]c3ccccc23)NC(=O)[C@H](C)NC(=O)[C@@H](NC(=O)[C@H](CC(=O)O)NC(C)(C)C)CC(=O)NCCC[C@@H](C(=O)N[C@H](C(N)=O)[C@@H](C)O)NC(=O)[C@H](Cc2c[nH]c3ccccc23)NC(=O)C(C(C)C)NC(=O)[C@H](CC(C)C)NC(=O)[C@H](CCC(=O)O)NC(=O)CNC1=O. The summed E-state index contributed by atoms with van der Waals surface area (Å²) in [5, 5.41) is 67.6. The third-order valence-corrected chi connectivity index (χ3v) is 18.5. The normalized spacial score (nSPS) is 22.9. The Labute approximate surface area is 658 Å². The van der Waals surface area contributed by atoms with Crippen molar-refractivity contribution in [1.29, 1.82) is 0 Å². The molecule has 6 rings (SSSR count). The lowest BCUT2D eigenvalue weighted by Gasteiger charge is -2.29. The largest absolute Gasteiger partial charge is 0.481 e. The number of nitrogens with one attached hydrogen (secondary N) is 17. The van der Waals surface area contributed by atoms with Crippen molar-refractivity contribution in [1.82, 2.24) is 94.4 Å². The maximum absolute atomic E-state index is 15.0. The van der Waals surface area contributed by atoms with Gasteiger partial charge in [-0.25, -0.2) is 4.98 Å². The Bertz CT molecular complexity index is 4240. The van der Waals surface area contributed by atoms with Crippen molar-refractivity contribution in [2.24, 2.45) is 23.5 Å². The number of nitrogens with zero attached hydrogens (tertiary/aromatic N) is 1. The third-order valence-electron chi connectivity index (χ3n) is 18.5. The Morgan fingerprint density at radius 2 is 1.10 bits per heavy atom. The van der Waals surface area contributed by atoms with Crippen LogP contribution in [0.1, 0.15) is 144 Å². The van der Waals surface area contributed by atoms with Gasteiger partial charge in [0.2, 0.25) is 82.7 Å². The number of rotatable bonds is 23. The molecule has 38 nitrogen and oxygen atoms in total. The maximum atomic E-state index is 15.0. The van der Waals surface area contributed by atoms with E-state index in [1.54, 1.807) is 123 Å². The van der Waals surface area contributed by atoms with Crippen LogP contribution in [0.15, 0.2) is 73.4 Å². The van der Waals surface area contributed by atoms with Gasteiger partial charge in [0, 0.05) is 78.2 Å². The van der Waals surface area contributed by atoms with Crippen LogP contribution in [0.4, 0.5) is 0 Å². The molecule has 0 aliphatic carbocycles. The highest BCUT2D eigenvalue weighted by Gasteiger charge is 2.39. The zero-order chi connectivity index (χ0) is 84.4. The molecule has 2 aromatic carbocycles. The van der Waals surface area contributed by atoms with Crippen LogP contribution < -0.4 is 80.2 Å². The van der Waals surface area contributed by atoms with Gasteiger partial charge in [0.15, 0.2) is 0 Å². The molecule has 622 valence electrons. The molecule has 0 radical (unpaired) electrons. The van der Waals surface area contributed by atoms with Gasteiger partial charge in [0.1, 0.15) is 66.5 Å². The number of carbonyl (C=O) groups excluding carboxylic acids is 14. The molecular weight excluding hydrogens is 1480 g/mol. The topological polar surface area (TPSA) is 589 Å². The van der Waals surface area contributed by atoms with Crippen molar-refractivity contribution in [3.63, 3.8) is 0 Å². The van der Waals surface area contributed by atoms with Crippen molar-refractivity contribution >= 4 is 116 Å². The van der Waals surface area contributed by atoms with E-state index in [1.807, 2.05) is 0 Å². The molecule has 14 amide bonds. The number of para-hydroxylation sites is 2. The van der Waals surface area contributed by atoms with E-state index in [2.05, 4.69) is 94.4 Å². The second-order valence-electron chi connectivity index (χ2n) is 30.7. The van der Waals surface area contributed by atoms with E-state index >= 15 is 9.59 Å². The van der Waals surface area contributed by atoms with Crippen molar-refractivity contribution in [3.05, 3.63) is 90.3 Å². The van der Waals surface area contributed by atoms with Crippen molar-refractivity contribution in [2.75, 3.05) is 13.1 Å². The van der Waals surface area contributed by atoms with E-state index in [1.165, 1.54) is 19.4 Å². The van der Waals surface area contributed by atoms with Crippen LogP contribution >= 0.6 is 0 Å². The first-order chi connectivity index (χ1) is 53.7. The molecule has 13 atom stereocenters. The summed E-state index contributed by atoms with van der Waals surface area (Å²) in [6.45, 7) is 16.1. The van der Waals surface area contributed by atoms with Gasteiger partial charge in [-0.2, -0.15) is 0 Å². The van der Waals surface area contributed by atoms with Gasteiger partial charge in [-0.1, -0.05) is 77.9 Å². The Balaban J connectivity index is 1.44. The molecule has 1 aliphatic rings. The molecule has 1 fully saturated rings. The fourth-order valence-electron chi connectivity index (χ4n) is 12.7. The molecule has 1 unspecified atom stereocenters. The Kier molecular flexibility index (Phi) is 34.1. The summed E-state index contributed by atoms with van der Waals surface area (Å²) >= 11 is 0. The summed E-state index contributed by atoms with van der Waals surface area (Å²) in [5.74, 6) is -18.5. The number of benzene rings is 2. The van der Waals surface area contributed by atoms with Crippen LogP contribution in [0.25, 0.3) is 21.8 Å². The summed E-state index contributed by atoms with van der Waals surface area (Å²) in [6, 6.07) is -5.32. The molecule has 1 aliphatic heterocycles. The first-order valence-electron chi connectivity index (χ1n) is 37.8. The van der Waals surface area contributed by atoms with Gasteiger partial charge in [0.25, 0.3) is 0 Å². The van der Waals surface area contributed by atoms with Crippen LogP contribution in [-0.2, 0) is 96.0 Å². The molecule has 1 saturated heterocycles. The first kappa shape index (κ1) is 91.1. The minimum absolute atomic E-state index is 0.0614. The van der Waals surface area contributed by atoms with E-state index in [4.69, 9.17) is 5.73 Å². The standard InChI is InChI=1S/C76H109N19O19/c1-37(2)25-51-66(105)82-35-59(98)85-50(22-23-60(99)100)67(106)89-52(26-38(3)4)73(112)93-62(39(5)6)75(114)92-54(28-43-33-81-48-20-15-13-18-46(43)48)70(109)86-49(68(107)94-63(41(8)96)64(77)103)21-16-24-79-58(97)30-56(91-74(113)57(31-61(101)102)95-76(9,10)11)69(108)84-40(7)65(104)87-53(27-42-32-80-47-19-14-12-17-45(42)47)71(110)90-55(72(111)88-51)29-44-34-78-36-83-44/h12-15,17-20,32-34,36-41,49-57,62-63,80-81,95-96H,16,21-31,35H2,1-11H3,(H2,77,103)(H,78,83)(H,79,97)(H,82,105)(H,84,108)(H,85,98)(H,86,109)(H,87,104)(H,88,111)(H,89,106)(H,90,110)(H,91,113)(H,92,114)(H,93,112)(H,94,107)(H,99,100)(H,101,102)/t40-,41+,49-,50-,51-,52-,53-,54-,55-,56-,57-,62?,63-/m0/s1. The molecule has 0 spiro atoms. The van der Waals surface area contributed by atoms with Gasteiger partial charge >= 0.3 is 11.9 Å². The second-order valence-corrected chi connectivity index (χ2v) is 30.7. The summed E-state index contributed by atoms with van der Waals surface area (Å²) in [5.41, 5.74) is 7.16. The molecule has 22 N–H and O–H groups in total. The summed E-state index contributed by atoms with van der Waals surface area (Å²) in [7, 11) is 0. The number of aromatic amines is 3. The Morgan fingerprint density at radius 1 is 0.579 bits per heavy atom. The number of primary amides is 1. The van der Waals surface area contributed by atoms with Crippen LogP contribution in [0.2, 0.25) is 0 Å². The monoisotopic (exact) mass is 1590 g/mol. The van der Waals surface area contributed by atoms with E-state index in [9.17, 15) is 82.4 Å². The molecule has 5 aromatic rings. The second kappa shape index (κ2) is 42.7. The van der Waals surface area contributed by atoms with Gasteiger partial charge in [0.05, 0.1) is 43.6 Å². The van der Waals surface area contributed by atoms with Crippen molar-refractivity contribution < 1.29 is 92.0 Å². The fourth-order valence-corrected chi connectivity index (χ4v) is 12.7. The van der Waals surface area contributed by atoms with Gasteiger partial charge in [-0.05, 0) is 108 Å². The number of aliphatic hydroxyl groups is 1. The quantitative estimate of drug-likeness (QED) is 0.0332. The van der Waals surface area contributed by atoms with Crippen LogP contribution in [0.3, 0.4) is 0 Å². The van der Waals surface area contributed by atoms with Crippen LogP contribution in [-0.4, -0.2) is 227 Å². The number of carbonyl (C=O) groups is 16. The molecular formula is C76H109N19O19. The number of imidazole rings is 1. The number of aliphatic hydroxyl groups excluding tert-OH is 1. The number of nitrogens with two attached hydrogens (primary N) is 1. The highest BCUT2D eigenvalue weighted by molar-refractivity contribution is 6.01. The van der Waals surface area contributed by atoms with Crippen LogP contribution in [0, 0.1) is 17.8 Å². The molecule has 114 heavy (non-hydrogen) atoms. The summed E-state index contributed by atoms with van der Waals surface area (Å²) < 4.78 is 0. The predicted molar refractivity (Wildman–Crippen MR) is 414 cm³/mol. The third kappa shape index (κ3) is 28.7. The Morgan fingerprint density at radius 3 is 1.61 bits per heavy atom. The van der Waals surface area contributed by atoms with Gasteiger partial charge < -0.3 is 110 Å². The molecule has 38 heteroatoms. The average molecular weight is 1590 g/mol. The smallest absolute Gasteiger partial charge is 0.305 e. The molecule has 0 bridgehead atoms. The predicted octanol–water partition coefficient (Wildman–Crippen LogP) is -2.12. The van der Waals surface area contributed by atoms with Crippen molar-refractivity contribution in [2.45, 2.75) is 231 Å². The Hall–Kier alpha value is -11.8. The van der Waals surface area contributed by atoms with E-state index in [0.717, 1.165) is 6.92 Å². The number of H-pyrrole nitrogens is 3. The number of aliphatic carboxylic acids is 2. The lowest BCUT2D eigenvalue weighted by atomic mass is 9.98. The zero-order valence-corrected chi connectivity index (χ0v) is 65.8. The summed E-state index contributed by atoms with van der Waals surface area (Å²) in [4.78, 5) is 239.